The van der Waals surface area contributed by atoms with Crippen molar-refractivity contribution in [2.24, 2.45) is 0 Å². The molecule has 0 aromatic carbocycles. The number of carbonyl (C=O) groups is 2. The average molecular weight is 251 g/mol. The zero-order valence-electron chi connectivity index (χ0n) is 10.6. The van der Waals surface area contributed by atoms with E-state index in [9.17, 15) is 9.59 Å². The number of carboxylic acids is 1. The van der Waals surface area contributed by atoms with Gasteiger partial charge in [-0.3, -0.25) is 9.48 Å². The van der Waals surface area contributed by atoms with Crippen LogP contribution in [0.15, 0.2) is 6.20 Å². The Morgan fingerprint density at radius 2 is 2.00 bits per heavy atom. The Bertz CT molecular complexity index is 475. The molecule has 1 amide bonds. The topological polar surface area (TPSA) is 75.4 Å². The molecular formula is C12H17N3O3. The van der Waals surface area contributed by atoms with Gasteiger partial charge in [0.05, 0.1) is 5.69 Å². The first-order valence-corrected chi connectivity index (χ1v) is 6.08. The average Bonchev–Trinajstić information content (AvgIpc) is 2.95. The molecule has 1 N–H and O–H groups in total. The van der Waals surface area contributed by atoms with Gasteiger partial charge in [0.1, 0.15) is 11.6 Å². The molecule has 1 aromatic rings. The van der Waals surface area contributed by atoms with Crippen LogP contribution in [0.1, 0.15) is 41.9 Å². The molecule has 0 aliphatic carbocycles. The summed E-state index contributed by atoms with van der Waals surface area (Å²) >= 11 is 0. The van der Waals surface area contributed by atoms with Gasteiger partial charge in [0.2, 0.25) is 5.91 Å². The Hall–Kier alpha value is -1.85. The zero-order chi connectivity index (χ0) is 13.3. The molecule has 1 aliphatic rings. The Balaban J connectivity index is 2.17. The van der Waals surface area contributed by atoms with E-state index in [1.165, 1.54) is 10.9 Å². The number of aromatic nitrogens is 2. The van der Waals surface area contributed by atoms with Crippen molar-refractivity contribution >= 4 is 11.9 Å². The van der Waals surface area contributed by atoms with Gasteiger partial charge in [0.25, 0.3) is 0 Å². The number of aromatic carboxylic acids is 1. The minimum atomic E-state index is -1.01. The van der Waals surface area contributed by atoms with Gasteiger partial charge < -0.3 is 10.0 Å². The molecule has 1 atom stereocenters. The number of hydrogen-bond acceptors (Lipinski definition) is 3. The van der Waals surface area contributed by atoms with E-state index in [-0.39, 0.29) is 11.5 Å². The van der Waals surface area contributed by atoms with Crippen molar-refractivity contribution < 1.29 is 14.7 Å². The number of aryl methyl sites for hydroxylation is 1. The van der Waals surface area contributed by atoms with E-state index in [1.54, 1.807) is 13.8 Å². The van der Waals surface area contributed by atoms with Crippen molar-refractivity contribution in [2.45, 2.75) is 32.7 Å². The van der Waals surface area contributed by atoms with E-state index < -0.39 is 12.0 Å². The molecular weight excluding hydrogens is 234 g/mol. The van der Waals surface area contributed by atoms with Crippen LogP contribution in [0, 0.1) is 6.92 Å². The minimum Gasteiger partial charge on any atom is -0.478 e. The van der Waals surface area contributed by atoms with Crippen LogP contribution in [-0.2, 0) is 4.79 Å². The van der Waals surface area contributed by atoms with Gasteiger partial charge in [0.15, 0.2) is 0 Å². The van der Waals surface area contributed by atoms with Gasteiger partial charge in [-0.2, -0.15) is 5.10 Å². The highest BCUT2D eigenvalue weighted by Crippen LogP contribution is 2.17. The molecule has 6 nitrogen and oxygen atoms in total. The van der Waals surface area contributed by atoms with Crippen molar-refractivity contribution in [2.75, 3.05) is 13.1 Å². The van der Waals surface area contributed by atoms with E-state index in [0.717, 1.165) is 25.9 Å². The van der Waals surface area contributed by atoms with Crippen molar-refractivity contribution in [3.05, 3.63) is 17.5 Å². The van der Waals surface area contributed by atoms with Gasteiger partial charge in [-0.1, -0.05) is 0 Å². The summed E-state index contributed by atoms with van der Waals surface area (Å²) in [4.78, 5) is 24.9. The number of rotatable bonds is 3. The van der Waals surface area contributed by atoms with Crippen LogP contribution >= 0.6 is 0 Å². The summed E-state index contributed by atoms with van der Waals surface area (Å²) in [6, 6.07) is -0.449. The summed E-state index contributed by atoms with van der Waals surface area (Å²) in [5, 5.41) is 13.1. The van der Waals surface area contributed by atoms with Crippen LogP contribution in [0.3, 0.4) is 0 Å². The molecule has 0 radical (unpaired) electrons. The highest BCUT2D eigenvalue weighted by molar-refractivity contribution is 5.88. The standard InChI is InChI=1S/C12H17N3O3/c1-8-10(12(17)18)7-15(13-8)9(2)11(16)14-5-3-4-6-14/h7,9H,3-6H2,1-2H3,(H,17,18). The number of nitrogens with zero attached hydrogens (tertiary/aromatic N) is 3. The van der Waals surface area contributed by atoms with Crippen LogP contribution in [0.25, 0.3) is 0 Å². The highest BCUT2D eigenvalue weighted by atomic mass is 16.4. The maximum absolute atomic E-state index is 12.2. The summed E-state index contributed by atoms with van der Waals surface area (Å²) in [5.74, 6) is -1.01. The van der Waals surface area contributed by atoms with Crippen LogP contribution in [0.2, 0.25) is 0 Å². The lowest BCUT2D eigenvalue weighted by Gasteiger charge is -2.20. The number of likely N-dealkylation sites (tertiary alicyclic amines) is 1. The predicted molar refractivity (Wildman–Crippen MR) is 64.4 cm³/mol. The fourth-order valence-corrected chi connectivity index (χ4v) is 2.20. The number of carbonyl (C=O) groups excluding carboxylic acids is 1. The first-order valence-electron chi connectivity index (χ1n) is 6.08. The summed E-state index contributed by atoms with van der Waals surface area (Å²) in [6.45, 7) is 4.95. The van der Waals surface area contributed by atoms with Crippen LogP contribution < -0.4 is 0 Å². The molecule has 1 aliphatic heterocycles. The van der Waals surface area contributed by atoms with Crippen molar-refractivity contribution in [1.82, 2.24) is 14.7 Å². The van der Waals surface area contributed by atoms with E-state index in [1.807, 2.05) is 4.90 Å². The first-order chi connectivity index (χ1) is 8.50. The fourth-order valence-electron chi connectivity index (χ4n) is 2.20. The lowest BCUT2D eigenvalue weighted by Crippen LogP contribution is -2.34. The fraction of sp³-hybridized carbons (Fsp3) is 0.583. The SMILES string of the molecule is Cc1nn(C(C)C(=O)N2CCCC2)cc1C(=O)O. The van der Waals surface area contributed by atoms with Gasteiger partial charge in [-0.05, 0) is 26.7 Å². The van der Waals surface area contributed by atoms with Crippen molar-refractivity contribution in [3.63, 3.8) is 0 Å². The van der Waals surface area contributed by atoms with Crippen LogP contribution in [0.4, 0.5) is 0 Å². The Morgan fingerprint density at radius 1 is 1.39 bits per heavy atom. The van der Waals surface area contributed by atoms with E-state index in [2.05, 4.69) is 5.10 Å². The first kappa shape index (κ1) is 12.6. The highest BCUT2D eigenvalue weighted by Gasteiger charge is 2.26. The van der Waals surface area contributed by atoms with Crippen LogP contribution in [0.5, 0.6) is 0 Å². The molecule has 1 fully saturated rings. The second-order valence-electron chi connectivity index (χ2n) is 4.62. The smallest absolute Gasteiger partial charge is 0.339 e. The third-order valence-electron chi connectivity index (χ3n) is 3.32. The zero-order valence-corrected chi connectivity index (χ0v) is 10.6. The molecule has 98 valence electrons. The summed E-state index contributed by atoms with van der Waals surface area (Å²) in [7, 11) is 0. The van der Waals surface area contributed by atoms with E-state index in [0.29, 0.717) is 5.69 Å². The molecule has 0 bridgehead atoms. The summed E-state index contributed by atoms with van der Waals surface area (Å²) in [5.41, 5.74) is 0.583. The quantitative estimate of drug-likeness (QED) is 0.872. The molecule has 6 heteroatoms. The van der Waals surface area contributed by atoms with E-state index in [4.69, 9.17) is 5.11 Å². The second-order valence-corrected chi connectivity index (χ2v) is 4.62. The molecule has 1 unspecified atom stereocenters. The van der Waals surface area contributed by atoms with Crippen molar-refractivity contribution in [1.29, 1.82) is 0 Å². The lowest BCUT2D eigenvalue weighted by atomic mass is 10.2. The monoisotopic (exact) mass is 251 g/mol. The molecule has 18 heavy (non-hydrogen) atoms. The van der Waals surface area contributed by atoms with Crippen molar-refractivity contribution in [3.8, 4) is 0 Å². The maximum atomic E-state index is 12.2. The largest absolute Gasteiger partial charge is 0.478 e. The van der Waals surface area contributed by atoms with Crippen LogP contribution in [-0.4, -0.2) is 44.8 Å². The van der Waals surface area contributed by atoms with Gasteiger partial charge in [-0.25, -0.2) is 4.79 Å². The molecule has 2 heterocycles. The molecule has 1 saturated heterocycles. The Morgan fingerprint density at radius 3 is 2.50 bits per heavy atom. The van der Waals surface area contributed by atoms with Gasteiger partial charge in [-0.15, -0.1) is 0 Å². The third kappa shape index (κ3) is 2.23. The normalized spacial score (nSPS) is 16.9. The molecule has 2 rings (SSSR count). The van der Waals surface area contributed by atoms with E-state index >= 15 is 0 Å². The molecule has 0 saturated carbocycles. The number of carboxylic acid groups (broad SMARTS) is 1. The summed E-state index contributed by atoms with van der Waals surface area (Å²) in [6.07, 6.45) is 3.50. The number of amides is 1. The third-order valence-corrected chi connectivity index (χ3v) is 3.32. The Kier molecular flexibility index (Phi) is 3.36. The Labute approximate surface area is 105 Å². The maximum Gasteiger partial charge on any atom is 0.339 e. The number of hydrogen-bond donors (Lipinski definition) is 1. The minimum absolute atomic E-state index is 0.00642. The molecule has 1 aromatic heterocycles. The lowest BCUT2D eigenvalue weighted by molar-refractivity contribution is -0.133. The summed E-state index contributed by atoms with van der Waals surface area (Å²) < 4.78 is 1.44. The van der Waals surface area contributed by atoms with Gasteiger partial charge in [0, 0.05) is 19.3 Å². The predicted octanol–water partition coefficient (Wildman–Crippen LogP) is 1.07. The van der Waals surface area contributed by atoms with Gasteiger partial charge >= 0.3 is 5.97 Å². The second kappa shape index (κ2) is 4.80. The molecule has 0 spiro atoms.